The molecule has 0 radical (unpaired) electrons. The largest absolute Gasteiger partial charge is 0.491 e. The first-order valence-electron chi connectivity index (χ1n) is 11.1. The lowest BCUT2D eigenvalue weighted by molar-refractivity contribution is 0.0731. The van der Waals surface area contributed by atoms with Crippen molar-refractivity contribution < 1.29 is 22.3 Å². The number of aromatic amines is 1. The molecule has 0 spiro atoms. The first-order chi connectivity index (χ1) is 16.8. The van der Waals surface area contributed by atoms with Crippen LogP contribution < -0.4 is 4.74 Å². The molecule has 0 fully saturated rings. The second-order valence-corrected chi connectivity index (χ2v) is 10.5. The maximum Gasteiger partial charge on any atom is 0.254 e. The molecule has 8 nitrogen and oxygen atoms in total. The van der Waals surface area contributed by atoms with Crippen LogP contribution in [0, 0.1) is 5.82 Å². The van der Waals surface area contributed by atoms with E-state index in [1.54, 1.807) is 11.8 Å². The first-order valence-corrected chi connectivity index (χ1v) is 13.0. The number of halogens is 1. The Kier molecular flexibility index (Phi) is 5.76. The summed E-state index contributed by atoms with van der Waals surface area (Å²) >= 11 is 0. The number of amides is 1. The summed E-state index contributed by atoms with van der Waals surface area (Å²) in [4.78, 5) is 14.7. The molecule has 35 heavy (non-hydrogen) atoms. The smallest absolute Gasteiger partial charge is 0.254 e. The fourth-order valence-corrected chi connectivity index (χ4v) is 5.14. The van der Waals surface area contributed by atoms with E-state index in [4.69, 9.17) is 4.74 Å². The normalized spacial score (nSPS) is 13.9. The number of sulfone groups is 1. The second kappa shape index (κ2) is 8.77. The Morgan fingerprint density at radius 3 is 2.69 bits per heavy atom. The third kappa shape index (κ3) is 4.25. The van der Waals surface area contributed by atoms with Crippen molar-refractivity contribution in [3.8, 4) is 16.9 Å². The van der Waals surface area contributed by atoms with Crippen LogP contribution in [0.2, 0.25) is 0 Å². The van der Waals surface area contributed by atoms with Gasteiger partial charge < -0.3 is 9.64 Å². The molecule has 0 unspecified atom stereocenters. The third-order valence-electron chi connectivity index (χ3n) is 6.18. The van der Waals surface area contributed by atoms with Crippen molar-refractivity contribution in [1.82, 2.24) is 20.3 Å². The summed E-state index contributed by atoms with van der Waals surface area (Å²) in [6, 6.07) is 14.2. The molecule has 3 aromatic carbocycles. The highest BCUT2D eigenvalue weighted by atomic mass is 32.2. The second-order valence-electron chi connectivity index (χ2n) is 8.47. The summed E-state index contributed by atoms with van der Waals surface area (Å²) in [6.07, 6.45) is 1.14. The molecule has 5 rings (SSSR count). The topological polar surface area (TPSA) is 105 Å². The lowest BCUT2D eigenvalue weighted by Crippen LogP contribution is -2.33. The number of fused-ring (bicyclic) bond motifs is 2. The van der Waals surface area contributed by atoms with Gasteiger partial charge in [0.25, 0.3) is 5.91 Å². The van der Waals surface area contributed by atoms with Crippen LogP contribution in [0.15, 0.2) is 53.4 Å². The minimum absolute atomic E-state index is 0.0959. The molecule has 4 aromatic rings. The van der Waals surface area contributed by atoms with E-state index in [1.807, 2.05) is 36.4 Å². The van der Waals surface area contributed by atoms with Gasteiger partial charge in [-0.25, -0.2) is 12.8 Å². The Morgan fingerprint density at radius 1 is 1.14 bits per heavy atom. The number of aromatic nitrogens is 3. The number of rotatable bonds is 4. The highest BCUT2D eigenvalue weighted by Crippen LogP contribution is 2.31. The molecule has 0 saturated carbocycles. The summed E-state index contributed by atoms with van der Waals surface area (Å²) in [5.74, 6) is -0.548. The number of H-pyrrole nitrogens is 1. The predicted molar refractivity (Wildman–Crippen MR) is 128 cm³/mol. The van der Waals surface area contributed by atoms with E-state index < -0.39 is 20.5 Å². The fourth-order valence-electron chi connectivity index (χ4n) is 4.37. The van der Waals surface area contributed by atoms with E-state index in [0.29, 0.717) is 12.3 Å². The molecule has 180 valence electrons. The van der Waals surface area contributed by atoms with Crippen LogP contribution in [0.3, 0.4) is 0 Å². The van der Waals surface area contributed by atoms with E-state index in [2.05, 4.69) is 15.4 Å². The van der Waals surface area contributed by atoms with E-state index in [-0.39, 0.29) is 36.6 Å². The zero-order chi connectivity index (χ0) is 24.7. The van der Waals surface area contributed by atoms with Crippen molar-refractivity contribution >= 4 is 26.8 Å². The van der Waals surface area contributed by atoms with Crippen LogP contribution >= 0.6 is 0 Å². The highest BCUT2D eigenvalue weighted by Gasteiger charge is 2.27. The average Bonchev–Trinajstić information content (AvgIpc) is 3.20. The molecule has 1 amide bonds. The van der Waals surface area contributed by atoms with Crippen molar-refractivity contribution in [2.45, 2.75) is 24.8 Å². The Bertz CT molecular complexity index is 1570. The number of hydrogen-bond acceptors (Lipinski definition) is 6. The summed E-state index contributed by atoms with van der Waals surface area (Å²) in [5, 5.41) is 10.7. The molecule has 0 aliphatic carbocycles. The SMILES string of the molecule is CCc1c(C(=O)N2CCOc3ccc(-c4ccc5nn[nH]c5c4)cc3C2)ccc(S(C)(=O)=O)c1F. The Hall–Kier alpha value is -3.79. The van der Waals surface area contributed by atoms with Crippen molar-refractivity contribution in [2.24, 2.45) is 0 Å². The maximum atomic E-state index is 15.0. The van der Waals surface area contributed by atoms with Gasteiger partial charge in [-0.15, -0.1) is 5.10 Å². The molecule has 0 bridgehead atoms. The van der Waals surface area contributed by atoms with Gasteiger partial charge >= 0.3 is 0 Å². The lowest BCUT2D eigenvalue weighted by atomic mass is 10.0. The molecule has 1 aliphatic heterocycles. The van der Waals surface area contributed by atoms with Crippen LogP contribution in [-0.2, 0) is 22.8 Å². The van der Waals surface area contributed by atoms with Gasteiger partial charge in [-0.05, 0) is 53.9 Å². The Balaban J connectivity index is 1.48. The predicted octanol–water partition coefficient (Wildman–Crippen LogP) is 3.76. The van der Waals surface area contributed by atoms with Crippen molar-refractivity contribution in [2.75, 3.05) is 19.4 Å². The van der Waals surface area contributed by atoms with Crippen LogP contribution in [0.5, 0.6) is 5.75 Å². The number of hydrogen-bond donors (Lipinski definition) is 1. The lowest BCUT2D eigenvalue weighted by Gasteiger charge is -2.22. The standard InChI is InChI=1S/C25H23FN4O4S/c1-3-18-19(6-9-23(24(18)26)35(2,32)33)25(31)30-10-11-34-22-8-5-15(12-17(22)14-30)16-4-7-20-21(13-16)28-29-27-20/h4-9,12-13H,3,10-11,14H2,1-2H3,(H,27,28,29). The van der Waals surface area contributed by atoms with Gasteiger partial charge in [0.1, 0.15) is 28.6 Å². The molecular formula is C25H23FN4O4S. The Morgan fingerprint density at radius 2 is 1.91 bits per heavy atom. The molecule has 10 heteroatoms. The number of nitrogens with one attached hydrogen (secondary N) is 1. The van der Waals surface area contributed by atoms with Gasteiger partial charge in [-0.1, -0.05) is 24.3 Å². The molecule has 1 aliphatic rings. The first kappa shape index (κ1) is 23.0. The van der Waals surface area contributed by atoms with Gasteiger partial charge in [0.15, 0.2) is 9.84 Å². The third-order valence-corrected chi connectivity index (χ3v) is 7.29. The maximum absolute atomic E-state index is 15.0. The van der Waals surface area contributed by atoms with Crippen molar-refractivity contribution in [3.63, 3.8) is 0 Å². The number of ether oxygens (including phenoxy) is 1. The zero-order valence-corrected chi connectivity index (χ0v) is 20.0. The molecule has 0 saturated heterocycles. The van der Waals surface area contributed by atoms with Gasteiger partial charge in [-0.2, -0.15) is 0 Å². The fraction of sp³-hybridized carbons (Fsp3) is 0.240. The number of carbonyl (C=O) groups is 1. The molecule has 1 N–H and O–H groups in total. The Labute approximate surface area is 201 Å². The molecule has 2 heterocycles. The summed E-state index contributed by atoms with van der Waals surface area (Å²) < 4.78 is 44.8. The zero-order valence-electron chi connectivity index (χ0n) is 19.2. The molecule has 1 aromatic heterocycles. The number of benzene rings is 3. The number of nitrogens with zero attached hydrogens (tertiary/aromatic N) is 3. The minimum atomic E-state index is -3.75. The molecule has 0 atom stereocenters. The minimum Gasteiger partial charge on any atom is -0.491 e. The monoisotopic (exact) mass is 494 g/mol. The van der Waals surface area contributed by atoms with Gasteiger partial charge in [0.05, 0.1) is 12.1 Å². The van der Waals surface area contributed by atoms with Crippen LogP contribution in [0.4, 0.5) is 4.39 Å². The van der Waals surface area contributed by atoms with Crippen LogP contribution in [0.1, 0.15) is 28.4 Å². The van der Waals surface area contributed by atoms with Gasteiger partial charge in [0, 0.05) is 29.5 Å². The molecular weight excluding hydrogens is 471 g/mol. The van der Waals surface area contributed by atoms with Crippen LogP contribution in [-0.4, -0.2) is 54.0 Å². The van der Waals surface area contributed by atoms with E-state index in [9.17, 15) is 13.2 Å². The van der Waals surface area contributed by atoms with Crippen LogP contribution in [0.25, 0.3) is 22.2 Å². The van der Waals surface area contributed by atoms with Gasteiger partial charge in [-0.3, -0.25) is 9.89 Å². The van der Waals surface area contributed by atoms with Crippen molar-refractivity contribution in [3.05, 3.63) is 71.0 Å². The highest BCUT2D eigenvalue weighted by molar-refractivity contribution is 7.90. The summed E-state index contributed by atoms with van der Waals surface area (Å²) in [5.41, 5.74) is 4.56. The summed E-state index contributed by atoms with van der Waals surface area (Å²) in [6.45, 7) is 2.57. The van der Waals surface area contributed by atoms with Gasteiger partial charge in [0.2, 0.25) is 0 Å². The summed E-state index contributed by atoms with van der Waals surface area (Å²) in [7, 11) is -3.75. The number of carbonyl (C=O) groups excluding carboxylic acids is 1. The average molecular weight is 495 g/mol. The van der Waals surface area contributed by atoms with E-state index in [1.165, 1.54) is 6.07 Å². The quantitative estimate of drug-likeness (QED) is 0.463. The van der Waals surface area contributed by atoms with E-state index >= 15 is 4.39 Å². The van der Waals surface area contributed by atoms with E-state index in [0.717, 1.165) is 40.0 Å². The van der Waals surface area contributed by atoms with Crippen molar-refractivity contribution in [1.29, 1.82) is 0 Å².